The van der Waals surface area contributed by atoms with E-state index in [1.165, 1.54) is 11.1 Å². The Labute approximate surface area is 211 Å². The lowest BCUT2D eigenvalue weighted by molar-refractivity contribution is 0.311. The van der Waals surface area contributed by atoms with Gasteiger partial charge >= 0.3 is 0 Å². The number of halogens is 1. The topological polar surface area (TPSA) is 44.3 Å². The fraction of sp³-hybridized carbons (Fsp3) is 0.296. The number of thiocarbonyl (C=S) groups is 1. The molecular weight excluding hydrogens is 462 g/mol. The van der Waals surface area contributed by atoms with Gasteiger partial charge in [0.25, 0.3) is 0 Å². The molecule has 2 aliphatic heterocycles. The average Bonchev–Trinajstić information content (AvgIpc) is 3.14. The quantitative estimate of drug-likeness (QED) is 0.458. The molecule has 3 aromatic rings. The van der Waals surface area contributed by atoms with Crippen molar-refractivity contribution in [3.05, 3.63) is 94.5 Å². The van der Waals surface area contributed by atoms with Gasteiger partial charge in [-0.2, -0.15) is 0 Å². The largest absolute Gasteiger partial charge is 0.365 e. The number of nitrogens with zero attached hydrogens (tertiary/aromatic N) is 4. The zero-order chi connectivity index (χ0) is 24.0. The minimum absolute atomic E-state index is 0.0811. The third kappa shape index (κ3) is 3.95. The molecule has 5 rings (SSSR count). The normalized spacial score (nSPS) is 21.2. The molecule has 2 aromatic heterocycles. The van der Waals surface area contributed by atoms with E-state index in [1.54, 1.807) is 0 Å². The average molecular weight is 490 g/mol. The van der Waals surface area contributed by atoms with Crippen LogP contribution in [-0.4, -0.2) is 32.6 Å². The van der Waals surface area contributed by atoms with E-state index in [9.17, 15) is 0 Å². The van der Waals surface area contributed by atoms with Gasteiger partial charge in [0.1, 0.15) is 0 Å². The van der Waals surface area contributed by atoms with Gasteiger partial charge in [-0.05, 0) is 86.1 Å². The van der Waals surface area contributed by atoms with Crippen LogP contribution in [0.15, 0.2) is 67.1 Å². The highest BCUT2D eigenvalue weighted by Crippen LogP contribution is 2.47. The van der Waals surface area contributed by atoms with Crippen molar-refractivity contribution >= 4 is 40.2 Å². The molecule has 5 nitrogen and oxygen atoms in total. The van der Waals surface area contributed by atoms with E-state index in [2.05, 4.69) is 71.1 Å². The van der Waals surface area contributed by atoms with E-state index >= 15 is 0 Å². The predicted molar refractivity (Wildman–Crippen MR) is 143 cm³/mol. The highest BCUT2D eigenvalue weighted by Gasteiger charge is 2.41. The molecule has 0 bridgehead atoms. The van der Waals surface area contributed by atoms with Crippen molar-refractivity contribution in [2.45, 2.75) is 44.9 Å². The third-order valence-corrected chi connectivity index (χ3v) is 7.63. The fourth-order valence-corrected chi connectivity index (χ4v) is 5.59. The molecule has 0 saturated carbocycles. The lowest BCUT2D eigenvalue weighted by atomic mass is 9.86. The van der Waals surface area contributed by atoms with Gasteiger partial charge in [0.05, 0.1) is 23.3 Å². The number of pyridine rings is 2. The SMILES string of the molecule is CC1=CC(C)(C)N(C)c2cc(Cl)c(C3C(c4ccccn4)NC(=S)N3Cc3ccncc3)cc21. The number of rotatable bonds is 4. The molecule has 2 aliphatic rings. The van der Waals surface area contributed by atoms with Gasteiger partial charge in [0.2, 0.25) is 0 Å². The second-order valence-electron chi connectivity index (χ2n) is 9.54. The number of hydrogen-bond acceptors (Lipinski definition) is 4. The van der Waals surface area contributed by atoms with Crippen molar-refractivity contribution in [2.75, 3.05) is 11.9 Å². The molecule has 0 radical (unpaired) electrons. The predicted octanol–water partition coefficient (Wildman–Crippen LogP) is 5.93. The first-order chi connectivity index (χ1) is 16.3. The number of allylic oxidation sites excluding steroid dienone is 1. The Morgan fingerprint density at radius 1 is 1.12 bits per heavy atom. The highest BCUT2D eigenvalue weighted by atomic mass is 35.5. The Bertz CT molecular complexity index is 1260. The van der Waals surface area contributed by atoms with E-state index in [0.29, 0.717) is 11.7 Å². The minimum atomic E-state index is -0.117. The standard InChI is InChI=1S/C27H28ClN5S/c1-17-15-27(2,3)32(4)23-14-21(28)20(13-19(17)23)25-24(22-7-5-6-10-30-22)31-26(34)33(25)16-18-8-11-29-12-9-18/h5-15,24-25H,16H2,1-4H3,(H,31,34). The minimum Gasteiger partial charge on any atom is -0.365 e. The summed E-state index contributed by atoms with van der Waals surface area (Å²) in [5, 5.41) is 4.95. The summed E-state index contributed by atoms with van der Waals surface area (Å²) < 4.78 is 0. The number of anilines is 1. The monoisotopic (exact) mass is 489 g/mol. The summed E-state index contributed by atoms with van der Waals surface area (Å²) in [5.74, 6) is 0. The Kier molecular flexibility index (Phi) is 5.82. The summed E-state index contributed by atoms with van der Waals surface area (Å²) in [4.78, 5) is 13.3. The molecule has 0 spiro atoms. The lowest BCUT2D eigenvalue weighted by Gasteiger charge is -2.41. The number of benzene rings is 1. The van der Waals surface area contributed by atoms with Crippen LogP contribution in [0.5, 0.6) is 0 Å². The smallest absolute Gasteiger partial charge is 0.170 e. The Hall–Kier alpha value is -2.96. The van der Waals surface area contributed by atoms with Gasteiger partial charge in [-0.25, -0.2) is 0 Å². The van der Waals surface area contributed by atoms with Crippen LogP contribution in [0.3, 0.4) is 0 Å². The zero-order valence-corrected chi connectivity index (χ0v) is 21.4. The van der Waals surface area contributed by atoms with E-state index in [1.807, 2.05) is 48.9 Å². The maximum absolute atomic E-state index is 7.04. The molecule has 7 heteroatoms. The van der Waals surface area contributed by atoms with Crippen LogP contribution in [0.4, 0.5) is 5.69 Å². The Morgan fingerprint density at radius 2 is 1.88 bits per heavy atom. The number of fused-ring (bicyclic) bond motifs is 1. The summed E-state index contributed by atoms with van der Waals surface area (Å²) >= 11 is 12.9. The van der Waals surface area contributed by atoms with Gasteiger partial charge in [0.15, 0.2) is 5.11 Å². The molecule has 0 aliphatic carbocycles. The second kappa shape index (κ2) is 8.67. The van der Waals surface area contributed by atoms with Gasteiger partial charge in [0, 0.05) is 48.5 Å². The first-order valence-corrected chi connectivity index (χ1v) is 12.2. The molecule has 0 amide bonds. The maximum atomic E-state index is 7.04. The van der Waals surface area contributed by atoms with Crippen LogP contribution < -0.4 is 10.2 Å². The van der Waals surface area contributed by atoms with Gasteiger partial charge in [-0.1, -0.05) is 23.7 Å². The zero-order valence-electron chi connectivity index (χ0n) is 19.8. The first-order valence-electron chi connectivity index (χ1n) is 11.4. The molecule has 1 aromatic carbocycles. The summed E-state index contributed by atoms with van der Waals surface area (Å²) in [5.41, 5.74) is 6.62. The molecule has 4 heterocycles. The van der Waals surface area contributed by atoms with E-state index in [0.717, 1.165) is 27.5 Å². The van der Waals surface area contributed by atoms with Crippen LogP contribution >= 0.6 is 23.8 Å². The summed E-state index contributed by atoms with van der Waals surface area (Å²) in [6, 6.07) is 14.1. The Balaban J connectivity index is 1.64. The van der Waals surface area contributed by atoms with Crippen LogP contribution in [0.2, 0.25) is 5.02 Å². The molecule has 2 unspecified atom stereocenters. The molecule has 2 atom stereocenters. The van der Waals surface area contributed by atoms with E-state index < -0.39 is 0 Å². The van der Waals surface area contributed by atoms with Crippen LogP contribution in [0.25, 0.3) is 5.57 Å². The second-order valence-corrected chi connectivity index (χ2v) is 10.3. The fourth-order valence-electron chi connectivity index (χ4n) is 5.01. The summed E-state index contributed by atoms with van der Waals surface area (Å²) in [6.45, 7) is 7.26. The van der Waals surface area contributed by atoms with E-state index in [-0.39, 0.29) is 17.6 Å². The van der Waals surface area contributed by atoms with Crippen LogP contribution in [-0.2, 0) is 6.54 Å². The van der Waals surface area contributed by atoms with E-state index in [4.69, 9.17) is 23.8 Å². The van der Waals surface area contributed by atoms with Crippen molar-refractivity contribution < 1.29 is 0 Å². The molecule has 1 N–H and O–H groups in total. The number of likely N-dealkylation sites (N-methyl/N-ethyl adjacent to an activating group) is 1. The van der Waals surface area contributed by atoms with Gasteiger partial charge in [-0.15, -0.1) is 0 Å². The van der Waals surface area contributed by atoms with Crippen molar-refractivity contribution in [3.63, 3.8) is 0 Å². The van der Waals surface area contributed by atoms with Crippen LogP contribution in [0.1, 0.15) is 55.2 Å². The van der Waals surface area contributed by atoms with Crippen molar-refractivity contribution in [3.8, 4) is 0 Å². The number of nitrogens with one attached hydrogen (secondary N) is 1. The highest BCUT2D eigenvalue weighted by molar-refractivity contribution is 7.80. The van der Waals surface area contributed by atoms with Gasteiger partial charge < -0.3 is 15.1 Å². The molecular formula is C27H28ClN5S. The summed E-state index contributed by atoms with van der Waals surface area (Å²) in [7, 11) is 2.12. The lowest BCUT2D eigenvalue weighted by Crippen LogP contribution is -2.42. The molecule has 34 heavy (non-hydrogen) atoms. The summed E-state index contributed by atoms with van der Waals surface area (Å²) in [6.07, 6.45) is 7.76. The number of aromatic nitrogens is 2. The number of hydrogen-bond donors (Lipinski definition) is 1. The molecule has 174 valence electrons. The first kappa shape index (κ1) is 22.8. The third-order valence-electron chi connectivity index (χ3n) is 6.95. The van der Waals surface area contributed by atoms with Crippen molar-refractivity contribution in [2.24, 2.45) is 0 Å². The van der Waals surface area contributed by atoms with Crippen molar-refractivity contribution in [1.82, 2.24) is 20.2 Å². The van der Waals surface area contributed by atoms with Crippen LogP contribution in [0, 0.1) is 0 Å². The maximum Gasteiger partial charge on any atom is 0.170 e. The Morgan fingerprint density at radius 3 is 2.59 bits per heavy atom. The molecule has 1 saturated heterocycles. The van der Waals surface area contributed by atoms with Crippen molar-refractivity contribution in [1.29, 1.82) is 0 Å². The van der Waals surface area contributed by atoms with Gasteiger partial charge in [-0.3, -0.25) is 9.97 Å². The molecule has 1 fully saturated rings.